The zero-order valence-electron chi connectivity index (χ0n) is 15.6. The van der Waals surface area contributed by atoms with E-state index >= 15 is 0 Å². The maximum Gasteiger partial charge on any atom is 0.350 e. The van der Waals surface area contributed by atoms with E-state index in [9.17, 15) is 4.79 Å². The third-order valence-electron chi connectivity index (χ3n) is 4.29. The number of benzene rings is 1. The Balaban J connectivity index is 1.94. The van der Waals surface area contributed by atoms with Crippen LogP contribution < -0.4 is 20.5 Å². The SMILES string of the molecule is CCC(C)(C)Oc1ccc2c(c1)Nc1nc(=O)n(C(C)(C)C)cc1O2. The molecule has 0 atom stereocenters. The van der Waals surface area contributed by atoms with Gasteiger partial charge in [-0.3, -0.25) is 4.57 Å². The highest BCUT2D eigenvalue weighted by Crippen LogP contribution is 2.42. The van der Waals surface area contributed by atoms with Crippen molar-refractivity contribution in [3.05, 3.63) is 34.9 Å². The number of nitrogens with zero attached hydrogens (tertiary/aromatic N) is 2. The first-order valence-corrected chi connectivity index (χ1v) is 8.51. The van der Waals surface area contributed by atoms with Crippen molar-refractivity contribution >= 4 is 11.5 Å². The summed E-state index contributed by atoms with van der Waals surface area (Å²) in [6, 6.07) is 5.61. The highest BCUT2D eigenvalue weighted by molar-refractivity contribution is 5.73. The maximum atomic E-state index is 12.3. The number of ether oxygens (including phenoxy) is 2. The topological polar surface area (TPSA) is 65.4 Å². The van der Waals surface area contributed by atoms with Gasteiger partial charge >= 0.3 is 5.69 Å². The van der Waals surface area contributed by atoms with Gasteiger partial charge in [0.05, 0.1) is 11.9 Å². The third kappa shape index (κ3) is 3.48. The molecule has 0 saturated carbocycles. The summed E-state index contributed by atoms with van der Waals surface area (Å²) in [6.07, 6.45) is 2.59. The lowest BCUT2D eigenvalue weighted by atomic mass is 10.1. The second kappa shape index (κ2) is 5.79. The average molecular weight is 343 g/mol. The van der Waals surface area contributed by atoms with Gasteiger partial charge in [-0.15, -0.1) is 0 Å². The van der Waals surface area contributed by atoms with Crippen molar-refractivity contribution in [3.63, 3.8) is 0 Å². The van der Waals surface area contributed by atoms with E-state index in [0.717, 1.165) is 17.9 Å². The van der Waals surface area contributed by atoms with Crippen LogP contribution in [0.1, 0.15) is 48.0 Å². The van der Waals surface area contributed by atoms with Crippen molar-refractivity contribution in [2.24, 2.45) is 0 Å². The Bertz CT molecular complexity index is 863. The summed E-state index contributed by atoms with van der Waals surface area (Å²) in [6.45, 7) is 12.0. The van der Waals surface area contributed by atoms with Crippen LogP contribution in [0.25, 0.3) is 0 Å². The first-order chi connectivity index (χ1) is 11.6. The molecular weight excluding hydrogens is 318 g/mol. The first-order valence-electron chi connectivity index (χ1n) is 8.51. The Morgan fingerprint density at radius 1 is 1.20 bits per heavy atom. The molecule has 0 aliphatic carbocycles. The van der Waals surface area contributed by atoms with Crippen LogP contribution >= 0.6 is 0 Å². The van der Waals surface area contributed by atoms with Gasteiger partial charge in [0.15, 0.2) is 17.3 Å². The van der Waals surface area contributed by atoms with Crippen LogP contribution in [0.2, 0.25) is 0 Å². The number of aromatic nitrogens is 2. The molecule has 1 aromatic heterocycles. The van der Waals surface area contributed by atoms with Crippen molar-refractivity contribution in [2.45, 2.75) is 59.1 Å². The predicted octanol–water partition coefficient (Wildman–Crippen LogP) is 4.42. The van der Waals surface area contributed by atoms with Crippen LogP contribution in [0.3, 0.4) is 0 Å². The van der Waals surface area contributed by atoms with Crippen molar-refractivity contribution in [1.82, 2.24) is 9.55 Å². The zero-order valence-corrected chi connectivity index (χ0v) is 15.6. The molecule has 0 fully saturated rings. The largest absolute Gasteiger partial charge is 0.488 e. The van der Waals surface area contributed by atoms with Gasteiger partial charge in [-0.1, -0.05) is 6.92 Å². The smallest absolute Gasteiger partial charge is 0.350 e. The van der Waals surface area contributed by atoms with Crippen LogP contribution in [0.4, 0.5) is 11.5 Å². The van der Waals surface area contributed by atoms with Gasteiger partial charge in [0.2, 0.25) is 0 Å². The van der Waals surface area contributed by atoms with Crippen LogP contribution in [0.5, 0.6) is 17.2 Å². The summed E-state index contributed by atoms with van der Waals surface area (Å²) in [7, 11) is 0. The van der Waals surface area contributed by atoms with E-state index in [1.807, 2.05) is 52.8 Å². The highest BCUT2D eigenvalue weighted by Gasteiger charge is 2.24. The van der Waals surface area contributed by atoms with E-state index in [2.05, 4.69) is 17.2 Å². The van der Waals surface area contributed by atoms with E-state index in [1.165, 1.54) is 0 Å². The Hall–Kier alpha value is -2.50. The van der Waals surface area contributed by atoms with Gasteiger partial charge in [0.1, 0.15) is 11.4 Å². The van der Waals surface area contributed by atoms with Gasteiger partial charge in [0, 0.05) is 11.6 Å². The summed E-state index contributed by atoms with van der Waals surface area (Å²) in [5, 5.41) is 3.17. The first kappa shape index (κ1) is 17.3. The zero-order chi connectivity index (χ0) is 18.4. The second-order valence-electron chi connectivity index (χ2n) is 7.88. The fourth-order valence-electron chi connectivity index (χ4n) is 2.48. The minimum Gasteiger partial charge on any atom is -0.488 e. The molecule has 0 unspecified atom stereocenters. The predicted molar refractivity (Wildman–Crippen MR) is 98.3 cm³/mol. The molecular formula is C19H25N3O3. The van der Waals surface area contributed by atoms with Crippen molar-refractivity contribution in [1.29, 1.82) is 0 Å². The van der Waals surface area contributed by atoms with Gasteiger partial charge in [0.25, 0.3) is 0 Å². The lowest BCUT2D eigenvalue weighted by Gasteiger charge is -2.28. The van der Waals surface area contributed by atoms with Gasteiger partial charge in [-0.2, -0.15) is 4.98 Å². The Labute approximate surface area is 147 Å². The highest BCUT2D eigenvalue weighted by atomic mass is 16.5. The molecule has 25 heavy (non-hydrogen) atoms. The summed E-state index contributed by atoms with van der Waals surface area (Å²) in [5.74, 6) is 2.37. The fourth-order valence-corrected chi connectivity index (χ4v) is 2.48. The molecule has 0 spiro atoms. The fraction of sp³-hybridized carbons (Fsp3) is 0.474. The van der Waals surface area contributed by atoms with Crippen molar-refractivity contribution in [2.75, 3.05) is 5.32 Å². The van der Waals surface area contributed by atoms with Crippen molar-refractivity contribution < 1.29 is 9.47 Å². The molecule has 134 valence electrons. The third-order valence-corrected chi connectivity index (χ3v) is 4.29. The quantitative estimate of drug-likeness (QED) is 0.763. The molecule has 0 radical (unpaired) electrons. The summed E-state index contributed by atoms with van der Waals surface area (Å²) < 4.78 is 13.5. The molecule has 0 saturated heterocycles. The van der Waals surface area contributed by atoms with Crippen molar-refractivity contribution in [3.8, 4) is 17.2 Å². The number of rotatable bonds is 3. The van der Waals surface area contributed by atoms with E-state index in [4.69, 9.17) is 9.47 Å². The van der Waals surface area contributed by atoms with E-state index in [1.54, 1.807) is 10.8 Å². The molecule has 1 aliphatic rings. The second-order valence-corrected chi connectivity index (χ2v) is 7.88. The van der Waals surface area contributed by atoms with Crippen LogP contribution in [-0.2, 0) is 5.54 Å². The maximum absolute atomic E-state index is 12.3. The van der Waals surface area contributed by atoms with Gasteiger partial charge < -0.3 is 14.8 Å². The lowest BCUT2D eigenvalue weighted by molar-refractivity contribution is 0.105. The molecule has 6 nitrogen and oxygen atoms in total. The molecule has 1 aliphatic heterocycles. The normalized spacial score (nSPS) is 13.4. The Morgan fingerprint density at radius 2 is 1.92 bits per heavy atom. The molecule has 1 N–H and O–H groups in total. The molecule has 6 heteroatoms. The minimum absolute atomic E-state index is 0.250. The molecule has 2 aromatic rings. The molecule has 2 heterocycles. The number of nitrogens with one attached hydrogen (secondary N) is 1. The summed E-state index contributed by atoms with van der Waals surface area (Å²) in [5.41, 5.74) is -0.199. The van der Waals surface area contributed by atoms with E-state index in [0.29, 0.717) is 17.3 Å². The Morgan fingerprint density at radius 3 is 2.56 bits per heavy atom. The summed E-state index contributed by atoms with van der Waals surface area (Å²) in [4.78, 5) is 16.4. The lowest BCUT2D eigenvalue weighted by Crippen LogP contribution is -2.35. The molecule has 1 aromatic carbocycles. The average Bonchev–Trinajstić information content (AvgIpc) is 2.51. The van der Waals surface area contributed by atoms with E-state index < -0.39 is 0 Å². The number of hydrogen-bond donors (Lipinski definition) is 1. The van der Waals surface area contributed by atoms with Crippen LogP contribution in [0, 0.1) is 0 Å². The van der Waals surface area contributed by atoms with Gasteiger partial charge in [-0.25, -0.2) is 4.79 Å². The number of hydrogen-bond acceptors (Lipinski definition) is 5. The molecule has 0 amide bonds. The monoisotopic (exact) mass is 343 g/mol. The summed E-state index contributed by atoms with van der Waals surface area (Å²) >= 11 is 0. The number of anilines is 2. The molecule has 3 rings (SSSR count). The van der Waals surface area contributed by atoms with Crippen LogP contribution in [0.15, 0.2) is 29.2 Å². The Kier molecular flexibility index (Phi) is 4.01. The van der Waals surface area contributed by atoms with E-state index in [-0.39, 0.29) is 16.8 Å². The van der Waals surface area contributed by atoms with Crippen LogP contribution in [-0.4, -0.2) is 15.2 Å². The minimum atomic E-state index is -0.369. The van der Waals surface area contributed by atoms with Gasteiger partial charge in [-0.05, 0) is 53.2 Å². The molecule has 0 bridgehead atoms. The number of fused-ring (bicyclic) bond motifs is 2. The standard InChI is InChI=1S/C19H25N3O3/c1-7-19(5,6)25-12-8-9-14-13(10-12)20-16-15(24-14)11-22(17(23)21-16)18(2,3)4/h8-11H,7H2,1-6H3,(H,20,21,23).